The Kier molecular flexibility index (Phi) is 2.24. The summed E-state index contributed by atoms with van der Waals surface area (Å²) in [5, 5.41) is 25.8. The fourth-order valence-electron chi connectivity index (χ4n) is 1.13. The van der Waals surface area contributed by atoms with Gasteiger partial charge >= 0.3 is 0 Å². The zero-order valence-electron chi connectivity index (χ0n) is 5.75. The van der Waals surface area contributed by atoms with Crippen LogP contribution in [0.2, 0.25) is 0 Å². The fourth-order valence-corrected chi connectivity index (χ4v) is 1.13. The van der Waals surface area contributed by atoms with Gasteiger partial charge in [0, 0.05) is 6.42 Å². The molecule has 0 saturated carbocycles. The molecule has 3 N–H and O–H groups in total. The van der Waals surface area contributed by atoms with E-state index in [9.17, 15) is 0 Å². The van der Waals surface area contributed by atoms with Gasteiger partial charge in [-0.25, -0.2) is 5.06 Å². The minimum absolute atomic E-state index is 0.0706. The van der Waals surface area contributed by atoms with E-state index < -0.39 is 0 Å². The number of aliphatic hydroxyl groups excluding tert-OH is 1. The van der Waals surface area contributed by atoms with Crippen molar-refractivity contribution in [3.63, 3.8) is 0 Å². The average molecular weight is 144 g/mol. The van der Waals surface area contributed by atoms with Crippen molar-refractivity contribution in [2.75, 3.05) is 6.61 Å². The topological polar surface area (TPSA) is 67.5 Å². The van der Waals surface area contributed by atoms with Crippen molar-refractivity contribution in [1.29, 1.82) is 5.41 Å². The predicted molar refractivity (Wildman–Crippen MR) is 36.1 cm³/mol. The van der Waals surface area contributed by atoms with Gasteiger partial charge in [-0.1, -0.05) is 0 Å². The van der Waals surface area contributed by atoms with Crippen molar-refractivity contribution >= 4 is 5.84 Å². The second-order valence-corrected chi connectivity index (χ2v) is 2.52. The van der Waals surface area contributed by atoms with E-state index in [1.807, 2.05) is 0 Å². The zero-order valence-corrected chi connectivity index (χ0v) is 5.75. The molecular weight excluding hydrogens is 132 g/mol. The lowest BCUT2D eigenvalue weighted by Crippen LogP contribution is -2.42. The van der Waals surface area contributed by atoms with Gasteiger partial charge in [0.25, 0.3) is 0 Å². The van der Waals surface area contributed by atoms with Crippen LogP contribution in [0.15, 0.2) is 0 Å². The van der Waals surface area contributed by atoms with Gasteiger partial charge in [0.05, 0.1) is 12.6 Å². The normalized spacial score (nSPS) is 27.2. The fraction of sp³-hybridized carbons (Fsp3) is 0.833. The molecule has 0 aromatic heterocycles. The number of rotatable bonds is 1. The highest BCUT2D eigenvalue weighted by atomic mass is 16.5. The van der Waals surface area contributed by atoms with Crippen LogP contribution in [0.1, 0.15) is 19.3 Å². The molecule has 0 aliphatic carbocycles. The molecule has 58 valence electrons. The van der Waals surface area contributed by atoms with E-state index in [-0.39, 0.29) is 18.5 Å². The van der Waals surface area contributed by atoms with E-state index in [4.69, 9.17) is 15.7 Å². The van der Waals surface area contributed by atoms with Crippen LogP contribution < -0.4 is 0 Å². The maximum absolute atomic E-state index is 9.09. The van der Waals surface area contributed by atoms with Crippen molar-refractivity contribution in [3.05, 3.63) is 0 Å². The molecule has 10 heavy (non-hydrogen) atoms. The predicted octanol–water partition coefficient (Wildman–Crippen LogP) is 0.200. The third-order valence-corrected chi connectivity index (χ3v) is 1.78. The molecule has 1 saturated heterocycles. The van der Waals surface area contributed by atoms with Gasteiger partial charge in [0.1, 0.15) is 5.84 Å². The van der Waals surface area contributed by atoms with Gasteiger partial charge in [-0.3, -0.25) is 10.6 Å². The van der Waals surface area contributed by atoms with Gasteiger partial charge in [0.2, 0.25) is 0 Å². The third kappa shape index (κ3) is 1.27. The second kappa shape index (κ2) is 2.98. The van der Waals surface area contributed by atoms with Crippen molar-refractivity contribution in [3.8, 4) is 0 Å². The lowest BCUT2D eigenvalue weighted by atomic mass is 10.0. The largest absolute Gasteiger partial charge is 0.394 e. The highest BCUT2D eigenvalue weighted by Gasteiger charge is 2.22. The van der Waals surface area contributed by atoms with E-state index in [0.29, 0.717) is 6.42 Å². The molecule has 1 aliphatic rings. The molecule has 1 unspecified atom stereocenters. The van der Waals surface area contributed by atoms with Crippen LogP contribution in [0, 0.1) is 5.41 Å². The Morgan fingerprint density at radius 3 is 2.90 bits per heavy atom. The third-order valence-electron chi connectivity index (χ3n) is 1.78. The molecule has 1 heterocycles. The number of nitrogens with one attached hydrogen (secondary N) is 1. The van der Waals surface area contributed by atoms with E-state index in [2.05, 4.69) is 0 Å². The van der Waals surface area contributed by atoms with Crippen LogP contribution in [0.5, 0.6) is 0 Å². The first-order chi connectivity index (χ1) is 4.75. The number of aliphatic hydroxyl groups is 1. The van der Waals surface area contributed by atoms with Gasteiger partial charge in [-0.2, -0.15) is 0 Å². The summed E-state index contributed by atoms with van der Waals surface area (Å²) in [4.78, 5) is 0. The van der Waals surface area contributed by atoms with Crippen molar-refractivity contribution < 1.29 is 10.3 Å². The minimum Gasteiger partial charge on any atom is -0.394 e. The molecular formula is C6H12N2O2. The van der Waals surface area contributed by atoms with Crippen molar-refractivity contribution in [1.82, 2.24) is 5.06 Å². The first kappa shape index (κ1) is 7.50. The molecule has 4 heteroatoms. The first-order valence-corrected chi connectivity index (χ1v) is 3.42. The smallest absolute Gasteiger partial charge is 0.121 e. The lowest BCUT2D eigenvalue weighted by molar-refractivity contribution is -0.0817. The number of hydroxylamine groups is 2. The number of nitrogens with zero attached hydrogens (tertiary/aromatic N) is 1. The molecule has 0 bridgehead atoms. The molecule has 0 amide bonds. The number of piperidine rings is 1. The molecule has 0 aromatic rings. The highest BCUT2D eigenvalue weighted by molar-refractivity contribution is 5.78. The summed E-state index contributed by atoms with van der Waals surface area (Å²) >= 11 is 0. The summed E-state index contributed by atoms with van der Waals surface area (Å²) in [5.74, 6) is 0.213. The van der Waals surface area contributed by atoms with Gasteiger partial charge in [0.15, 0.2) is 0 Å². The van der Waals surface area contributed by atoms with Crippen LogP contribution in [0.25, 0.3) is 0 Å². The Labute approximate surface area is 59.5 Å². The number of amidine groups is 1. The minimum atomic E-state index is -0.249. The number of hydrogen-bond donors (Lipinski definition) is 3. The molecule has 1 atom stereocenters. The number of hydrogen-bond acceptors (Lipinski definition) is 3. The van der Waals surface area contributed by atoms with Crippen LogP contribution in [0.4, 0.5) is 0 Å². The summed E-state index contributed by atoms with van der Waals surface area (Å²) in [6.07, 6.45) is 2.28. The van der Waals surface area contributed by atoms with Crippen molar-refractivity contribution in [2.24, 2.45) is 0 Å². The van der Waals surface area contributed by atoms with E-state index in [0.717, 1.165) is 17.9 Å². The molecule has 4 nitrogen and oxygen atoms in total. The maximum Gasteiger partial charge on any atom is 0.121 e. The maximum atomic E-state index is 9.09. The molecule has 1 aliphatic heterocycles. The van der Waals surface area contributed by atoms with Crippen LogP contribution in [-0.4, -0.2) is 33.9 Å². The summed E-state index contributed by atoms with van der Waals surface area (Å²) in [6.45, 7) is -0.0706. The summed E-state index contributed by atoms with van der Waals surface area (Å²) in [6, 6.07) is -0.249. The van der Waals surface area contributed by atoms with E-state index in [1.165, 1.54) is 0 Å². The van der Waals surface area contributed by atoms with E-state index >= 15 is 0 Å². The Hall–Kier alpha value is -0.610. The molecule has 1 rings (SSSR count). The Balaban J connectivity index is 2.51. The Morgan fingerprint density at radius 2 is 2.40 bits per heavy atom. The van der Waals surface area contributed by atoms with Gasteiger partial charge in [-0.15, -0.1) is 0 Å². The quantitative estimate of drug-likeness (QED) is 0.492. The highest BCUT2D eigenvalue weighted by Crippen LogP contribution is 2.15. The Bertz CT molecular complexity index is 138. The van der Waals surface area contributed by atoms with Crippen LogP contribution in [-0.2, 0) is 0 Å². The zero-order chi connectivity index (χ0) is 7.56. The van der Waals surface area contributed by atoms with Crippen LogP contribution in [0.3, 0.4) is 0 Å². The van der Waals surface area contributed by atoms with Gasteiger partial charge < -0.3 is 5.11 Å². The summed E-state index contributed by atoms with van der Waals surface area (Å²) in [5.41, 5.74) is 0. The second-order valence-electron chi connectivity index (χ2n) is 2.52. The first-order valence-electron chi connectivity index (χ1n) is 3.42. The standard InChI is InChI=1S/C6H12N2O2/c7-6-3-1-2-5(4-9)8(6)10/h5,7,9-10H,1-4H2. The monoisotopic (exact) mass is 144 g/mol. The lowest BCUT2D eigenvalue weighted by Gasteiger charge is -2.30. The molecule has 1 fully saturated rings. The van der Waals surface area contributed by atoms with Crippen molar-refractivity contribution in [2.45, 2.75) is 25.3 Å². The Morgan fingerprint density at radius 1 is 1.70 bits per heavy atom. The average Bonchev–Trinajstić information content (AvgIpc) is 1.95. The van der Waals surface area contributed by atoms with Gasteiger partial charge in [-0.05, 0) is 12.8 Å². The molecule has 0 aromatic carbocycles. The van der Waals surface area contributed by atoms with Crippen LogP contribution >= 0.6 is 0 Å². The summed E-state index contributed by atoms with van der Waals surface area (Å²) in [7, 11) is 0. The molecule has 0 radical (unpaired) electrons. The SMILES string of the molecule is N=C1CCCC(CO)N1O. The molecule has 0 spiro atoms. The van der Waals surface area contributed by atoms with E-state index in [1.54, 1.807) is 0 Å². The summed E-state index contributed by atoms with van der Waals surface area (Å²) < 4.78 is 0.